The van der Waals surface area contributed by atoms with Gasteiger partial charge in [-0.2, -0.15) is 0 Å². The van der Waals surface area contributed by atoms with Gasteiger partial charge in [0, 0.05) is 13.7 Å². The molecule has 0 spiro atoms. The van der Waals surface area contributed by atoms with Crippen LogP contribution in [0.25, 0.3) is 0 Å². The Hall–Kier alpha value is -0.0800. The Bertz CT molecular complexity index is 83.0. The molecule has 1 heterocycles. The second-order valence-electron chi connectivity index (χ2n) is 2.87. The maximum absolute atomic E-state index is 5.05. The summed E-state index contributed by atoms with van der Waals surface area (Å²) in [5.41, 5.74) is 0. The average Bonchev–Trinajstić information content (AvgIpc) is 2.17. The van der Waals surface area contributed by atoms with Gasteiger partial charge in [0.1, 0.15) is 0 Å². The Morgan fingerprint density at radius 2 is 2.44 bits per heavy atom. The van der Waals surface area contributed by atoms with Crippen molar-refractivity contribution in [3.05, 3.63) is 0 Å². The van der Waals surface area contributed by atoms with Crippen molar-refractivity contribution in [1.82, 2.24) is 4.90 Å². The highest BCUT2D eigenvalue weighted by Gasteiger charge is 2.18. The third-order valence-corrected chi connectivity index (χ3v) is 1.89. The largest absolute Gasteiger partial charge is 0.384 e. The number of nitrogens with zero attached hydrogens (tertiary/aromatic N) is 1. The van der Waals surface area contributed by atoms with E-state index in [2.05, 4.69) is 11.9 Å². The Kier molecular flexibility index (Phi) is 2.49. The number of methoxy groups -OCH3 is 1. The van der Waals surface area contributed by atoms with Crippen LogP contribution < -0.4 is 0 Å². The summed E-state index contributed by atoms with van der Waals surface area (Å²) in [6.07, 6.45) is 1.31. The van der Waals surface area contributed by atoms with Crippen molar-refractivity contribution in [1.29, 1.82) is 0 Å². The van der Waals surface area contributed by atoms with Crippen molar-refractivity contribution >= 4 is 0 Å². The van der Waals surface area contributed by atoms with Gasteiger partial charge in [-0.3, -0.25) is 0 Å². The van der Waals surface area contributed by atoms with E-state index in [9.17, 15) is 0 Å². The molecule has 0 aromatic carbocycles. The van der Waals surface area contributed by atoms with Crippen LogP contribution >= 0.6 is 0 Å². The van der Waals surface area contributed by atoms with Crippen LogP contribution in [0.3, 0.4) is 0 Å². The van der Waals surface area contributed by atoms with Gasteiger partial charge in [-0.15, -0.1) is 0 Å². The van der Waals surface area contributed by atoms with E-state index in [1.54, 1.807) is 7.11 Å². The second-order valence-corrected chi connectivity index (χ2v) is 2.87. The molecule has 1 aliphatic heterocycles. The van der Waals surface area contributed by atoms with Crippen LogP contribution in [0, 0.1) is 5.92 Å². The normalized spacial score (nSPS) is 29.3. The summed E-state index contributed by atoms with van der Waals surface area (Å²) < 4.78 is 5.05. The average molecular weight is 129 g/mol. The molecular formula is C7H15NO. The summed E-state index contributed by atoms with van der Waals surface area (Å²) in [5.74, 6) is 0.792. The fourth-order valence-corrected chi connectivity index (χ4v) is 1.40. The Morgan fingerprint density at radius 3 is 2.89 bits per heavy atom. The van der Waals surface area contributed by atoms with Crippen LogP contribution in [0.5, 0.6) is 0 Å². The van der Waals surface area contributed by atoms with Gasteiger partial charge in [-0.25, -0.2) is 0 Å². The lowest BCUT2D eigenvalue weighted by Crippen LogP contribution is -2.16. The molecule has 0 aromatic heterocycles. The number of ether oxygens (including phenoxy) is 1. The summed E-state index contributed by atoms with van der Waals surface area (Å²) in [4.78, 5) is 2.35. The SMILES string of the molecule is COC[C@H]1CCN(C)C1. The first-order valence-electron chi connectivity index (χ1n) is 3.50. The fraction of sp³-hybridized carbons (Fsp3) is 1.00. The molecular weight excluding hydrogens is 114 g/mol. The zero-order valence-corrected chi connectivity index (χ0v) is 6.26. The zero-order chi connectivity index (χ0) is 6.69. The van der Waals surface area contributed by atoms with E-state index in [0.717, 1.165) is 12.5 Å². The lowest BCUT2D eigenvalue weighted by Gasteiger charge is -2.07. The highest BCUT2D eigenvalue weighted by atomic mass is 16.5. The van der Waals surface area contributed by atoms with Crippen LogP contribution in [0.15, 0.2) is 0 Å². The lowest BCUT2D eigenvalue weighted by molar-refractivity contribution is 0.155. The number of hydrogen-bond acceptors (Lipinski definition) is 2. The molecule has 0 N–H and O–H groups in total. The van der Waals surface area contributed by atoms with Crippen molar-refractivity contribution in [2.24, 2.45) is 5.92 Å². The van der Waals surface area contributed by atoms with E-state index in [0.29, 0.717) is 0 Å². The van der Waals surface area contributed by atoms with E-state index in [1.807, 2.05) is 0 Å². The summed E-state index contributed by atoms with van der Waals surface area (Å²) in [5, 5.41) is 0. The van der Waals surface area contributed by atoms with Crippen molar-refractivity contribution in [3.63, 3.8) is 0 Å². The predicted octanol–water partition coefficient (Wildman–Crippen LogP) is 0.585. The molecule has 1 aliphatic rings. The third kappa shape index (κ3) is 1.95. The molecule has 0 unspecified atom stereocenters. The van der Waals surface area contributed by atoms with Crippen LogP contribution in [0.2, 0.25) is 0 Å². The second kappa shape index (κ2) is 3.18. The van der Waals surface area contributed by atoms with Gasteiger partial charge in [-0.05, 0) is 25.9 Å². The minimum absolute atomic E-state index is 0.792. The molecule has 2 nitrogen and oxygen atoms in total. The van der Waals surface area contributed by atoms with Crippen LogP contribution in [-0.4, -0.2) is 38.8 Å². The smallest absolute Gasteiger partial charge is 0.0503 e. The van der Waals surface area contributed by atoms with Gasteiger partial charge in [0.05, 0.1) is 6.61 Å². The summed E-state index contributed by atoms with van der Waals surface area (Å²) in [6.45, 7) is 3.40. The molecule has 0 amide bonds. The highest BCUT2D eigenvalue weighted by Crippen LogP contribution is 2.13. The van der Waals surface area contributed by atoms with Crippen molar-refractivity contribution < 1.29 is 4.74 Å². The Balaban J connectivity index is 2.14. The number of likely N-dealkylation sites (tertiary alicyclic amines) is 1. The van der Waals surface area contributed by atoms with Crippen molar-refractivity contribution in [2.75, 3.05) is 33.9 Å². The molecule has 0 saturated carbocycles. The molecule has 0 bridgehead atoms. The summed E-state index contributed by atoms with van der Waals surface area (Å²) >= 11 is 0. The topological polar surface area (TPSA) is 12.5 Å². The molecule has 2 heteroatoms. The molecule has 0 aromatic rings. The van der Waals surface area contributed by atoms with Crippen LogP contribution in [0.4, 0.5) is 0 Å². The van der Waals surface area contributed by atoms with Gasteiger partial charge >= 0.3 is 0 Å². The van der Waals surface area contributed by atoms with Crippen molar-refractivity contribution in [2.45, 2.75) is 6.42 Å². The molecule has 1 atom stereocenters. The van der Waals surface area contributed by atoms with Crippen molar-refractivity contribution in [3.8, 4) is 0 Å². The monoisotopic (exact) mass is 129 g/mol. The summed E-state index contributed by atoms with van der Waals surface area (Å²) in [6, 6.07) is 0. The van der Waals surface area contributed by atoms with Gasteiger partial charge < -0.3 is 9.64 Å². The van der Waals surface area contributed by atoms with Gasteiger partial charge in [0.25, 0.3) is 0 Å². The molecule has 0 radical (unpaired) electrons. The number of rotatable bonds is 2. The molecule has 1 rings (SSSR count). The number of hydrogen-bond donors (Lipinski definition) is 0. The first-order chi connectivity index (χ1) is 4.33. The zero-order valence-electron chi connectivity index (χ0n) is 6.26. The Morgan fingerprint density at radius 1 is 1.67 bits per heavy atom. The maximum atomic E-state index is 5.05. The molecule has 1 saturated heterocycles. The van der Waals surface area contributed by atoms with Gasteiger partial charge in [0.15, 0.2) is 0 Å². The van der Waals surface area contributed by atoms with E-state index in [1.165, 1.54) is 19.5 Å². The van der Waals surface area contributed by atoms with E-state index in [-0.39, 0.29) is 0 Å². The minimum Gasteiger partial charge on any atom is -0.384 e. The summed E-state index contributed by atoms with van der Waals surface area (Å²) in [7, 11) is 3.94. The van der Waals surface area contributed by atoms with E-state index >= 15 is 0 Å². The quantitative estimate of drug-likeness (QED) is 0.541. The van der Waals surface area contributed by atoms with Crippen LogP contribution in [0.1, 0.15) is 6.42 Å². The standard InChI is InChI=1S/C7H15NO/c1-8-4-3-7(5-8)6-9-2/h7H,3-6H2,1-2H3/t7-/m0/s1. The Labute approximate surface area is 56.8 Å². The minimum atomic E-state index is 0.792. The van der Waals surface area contributed by atoms with E-state index < -0.39 is 0 Å². The van der Waals surface area contributed by atoms with Crippen LogP contribution in [-0.2, 0) is 4.74 Å². The lowest BCUT2D eigenvalue weighted by atomic mass is 10.1. The first kappa shape index (κ1) is 7.03. The molecule has 9 heavy (non-hydrogen) atoms. The fourth-order valence-electron chi connectivity index (χ4n) is 1.40. The first-order valence-corrected chi connectivity index (χ1v) is 3.50. The van der Waals surface area contributed by atoms with Gasteiger partial charge in [-0.1, -0.05) is 0 Å². The molecule has 0 aliphatic carbocycles. The molecule has 54 valence electrons. The molecule has 1 fully saturated rings. The highest BCUT2D eigenvalue weighted by molar-refractivity contribution is 4.71. The van der Waals surface area contributed by atoms with Gasteiger partial charge in [0.2, 0.25) is 0 Å². The van der Waals surface area contributed by atoms with E-state index in [4.69, 9.17) is 4.74 Å². The third-order valence-electron chi connectivity index (χ3n) is 1.89. The maximum Gasteiger partial charge on any atom is 0.0503 e. The predicted molar refractivity (Wildman–Crippen MR) is 37.5 cm³/mol.